The summed E-state index contributed by atoms with van der Waals surface area (Å²) >= 11 is 0. The van der Waals surface area contributed by atoms with Gasteiger partial charge in [-0.3, -0.25) is 0 Å². The van der Waals surface area contributed by atoms with Crippen molar-refractivity contribution in [3.63, 3.8) is 0 Å². The van der Waals surface area contributed by atoms with Crippen LogP contribution in [0.2, 0.25) is 0 Å². The molecule has 0 aromatic heterocycles. The Kier molecular flexibility index (Phi) is 4.08. The number of hydrogen-bond donors (Lipinski definition) is 2. The first-order valence-electron chi connectivity index (χ1n) is 7.08. The zero-order valence-corrected chi connectivity index (χ0v) is 13.3. The van der Waals surface area contributed by atoms with Gasteiger partial charge in [0.2, 0.25) is 0 Å². The smallest absolute Gasteiger partial charge is 0.121 e. The van der Waals surface area contributed by atoms with Crippen LogP contribution in [0.4, 0.5) is 0 Å². The highest BCUT2D eigenvalue weighted by Gasteiger charge is 2.06. The average molecular weight is 282 g/mol. The Morgan fingerprint density at radius 3 is 1.57 bits per heavy atom. The van der Waals surface area contributed by atoms with Crippen LogP contribution in [0, 0.1) is 27.7 Å². The van der Waals surface area contributed by atoms with Gasteiger partial charge in [-0.2, -0.15) is 0 Å². The minimum absolute atomic E-state index is 0.362. The van der Waals surface area contributed by atoms with E-state index in [2.05, 4.69) is 13.0 Å². The van der Waals surface area contributed by atoms with E-state index >= 15 is 0 Å². The van der Waals surface area contributed by atoms with Gasteiger partial charge in [0.05, 0.1) is 0 Å². The lowest BCUT2D eigenvalue weighted by atomic mass is 9.98. The molecule has 0 fully saturated rings. The summed E-state index contributed by atoms with van der Waals surface area (Å²) in [7, 11) is 0. The minimum atomic E-state index is 0.362. The lowest BCUT2D eigenvalue weighted by Crippen LogP contribution is -1.88. The van der Waals surface area contributed by atoms with Gasteiger partial charge in [-0.25, -0.2) is 0 Å². The molecule has 0 saturated heterocycles. The molecule has 0 amide bonds. The molecule has 0 spiro atoms. The first kappa shape index (κ1) is 15.2. The second-order valence-electron chi connectivity index (χ2n) is 5.79. The van der Waals surface area contributed by atoms with Crippen LogP contribution in [0.1, 0.15) is 40.3 Å². The summed E-state index contributed by atoms with van der Waals surface area (Å²) in [6.45, 7) is 9.69. The summed E-state index contributed by atoms with van der Waals surface area (Å²) in [4.78, 5) is 0. The Bertz CT molecular complexity index is 678. The van der Waals surface area contributed by atoms with Crippen LogP contribution >= 0.6 is 0 Å². The quantitative estimate of drug-likeness (QED) is 0.770. The molecule has 2 aromatic carbocycles. The first-order chi connectivity index (χ1) is 9.79. The summed E-state index contributed by atoms with van der Waals surface area (Å²) in [6.07, 6.45) is 2.10. The van der Waals surface area contributed by atoms with E-state index in [-0.39, 0.29) is 0 Å². The highest BCUT2D eigenvalue weighted by molar-refractivity contribution is 5.81. The van der Waals surface area contributed by atoms with Crippen LogP contribution in [-0.2, 0) is 0 Å². The van der Waals surface area contributed by atoms with Crippen molar-refractivity contribution < 1.29 is 10.2 Å². The number of hydrogen-bond acceptors (Lipinski definition) is 2. The zero-order chi connectivity index (χ0) is 15.7. The molecule has 2 heteroatoms. The van der Waals surface area contributed by atoms with Crippen molar-refractivity contribution in [2.45, 2.75) is 34.6 Å². The summed E-state index contributed by atoms with van der Waals surface area (Å²) < 4.78 is 0. The monoisotopic (exact) mass is 282 g/mol. The van der Waals surface area contributed by atoms with Gasteiger partial charge in [0, 0.05) is 0 Å². The highest BCUT2D eigenvalue weighted by Crippen LogP contribution is 2.29. The molecule has 0 radical (unpaired) electrons. The molecule has 2 nitrogen and oxygen atoms in total. The first-order valence-corrected chi connectivity index (χ1v) is 7.08. The molecule has 0 saturated carbocycles. The number of aromatic hydroxyl groups is 2. The van der Waals surface area contributed by atoms with Gasteiger partial charge in [0.15, 0.2) is 0 Å². The maximum Gasteiger partial charge on any atom is 0.121 e. The Morgan fingerprint density at radius 2 is 1.14 bits per heavy atom. The largest absolute Gasteiger partial charge is 0.507 e. The molecule has 0 heterocycles. The number of phenolic OH excluding ortho intramolecular Hbond substituents is 2. The molecule has 0 atom stereocenters. The highest BCUT2D eigenvalue weighted by atomic mass is 16.3. The molecular formula is C19H22O2. The second kappa shape index (κ2) is 5.65. The van der Waals surface area contributed by atoms with Crippen molar-refractivity contribution in [3.05, 3.63) is 57.6 Å². The molecule has 2 N–H and O–H groups in total. The fourth-order valence-electron chi connectivity index (χ4n) is 2.59. The van der Waals surface area contributed by atoms with E-state index in [4.69, 9.17) is 0 Å². The SMILES string of the molecule is C/C(=C\c1cc(C)c(O)c(C)c1)c1cc(C)c(O)c(C)c1. The van der Waals surface area contributed by atoms with E-state index in [0.29, 0.717) is 11.5 Å². The van der Waals surface area contributed by atoms with Crippen molar-refractivity contribution in [2.24, 2.45) is 0 Å². The molecule has 21 heavy (non-hydrogen) atoms. The Hall–Kier alpha value is -2.22. The van der Waals surface area contributed by atoms with Crippen LogP contribution < -0.4 is 0 Å². The van der Waals surface area contributed by atoms with Crippen LogP contribution in [-0.4, -0.2) is 10.2 Å². The number of phenols is 2. The zero-order valence-electron chi connectivity index (χ0n) is 13.3. The van der Waals surface area contributed by atoms with Crippen molar-refractivity contribution in [2.75, 3.05) is 0 Å². The maximum atomic E-state index is 9.86. The predicted molar refractivity (Wildman–Crippen MR) is 88.7 cm³/mol. The lowest BCUT2D eigenvalue weighted by Gasteiger charge is -2.10. The third kappa shape index (κ3) is 3.10. The van der Waals surface area contributed by atoms with Crippen LogP contribution in [0.5, 0.6) is 11.5 Å². The number of allylic oxidation sites excluding steroid dienone is 1. The van der Waals surface area contributed by atoms with Crippen molar-refractivity contribution in [3.8, 4) is 11.5 Å². The van der Waals surface area contributed by atoms with Crippen LogP contribution in [0.3, 0.4) is 0 Å². The van der Waals surface area contributed by atoms with Crippen LogP contribution in [0.15, 0.2) is 24.3 Å². The third-order valence-electron chi connectivity index (χ3n) is 3.84. The summed E-state index contributed by atoms with van der Waals surface area (Å²) in [5.74, 6) is 0.726. The second-order valence-corrected chi connectivity index (χ2v) is 5.79. The molecule has 0 aliphatic carbocycles. The van der Waals surface area contributed by atoms with Gasteiger partial charge in [-0.05, 0) is 97.8 Å². The van der Waals surface area contributed by atoms with E-state index in [1.807, 2.05) is 52.0 Å². The molecule has 110 valence electrons. The molecule has 0 aliphatic rings. The predicted octanol–water partition coefficient (Wildman–Crippen LogP) is 4.89. The molecule has 2 rings (SSSR count). The fourth-order valence-corrected chi connectivity index (χ4v) is 2.59. The topological polar surface area (TPSA) is 40.5 Å². The van der Waals surface area contributed by atoms with Gasteiger partial charge in [0.25, 0.3) is 0 Å². The Morgan fingerprint density at radius 1 is 0.762 bits per heavy atom. The number of benzene rings is 2. The fraction of sp³-hybridized carbons (Fsp3) is 0.263. The van der Waals surface area contributed by atoms with E-state index in [1.54, 1.807) is 0 Å². The standard InChI is InChI=1S/C19H22O2/c1-11(17-9-14(4)19(21)15(5)10-17)6-16-7-12(2)18(20)13(3)8-16/h6-10,20-21H,1-5H3/b11-6+. The Labute approximate surface area is 126 Å². The molecular weight excluding hydrogens is 260 g/mol. The van der Waals surface area contributed by atoms with Gasteiger partial charge < -0.3 is 10.2 Å². The molecule has 2 aromatic rings. The van der Waals surface area contributed by atoms with Gasteiger partial charge >= 0.3 is 0 Å². The summed E-state index contributed by atoms with van der Waals surface area (Å²) in [6, 6.07) is 7.94. The third-order valence-corrected chi connectivity index (χ3v) is 3.84. The van der Waals surface area contributed by atoms with E-state index in [9.17, 15) is 10.2 Å². The van der Waals surface area contributed by atoms with Gasteiger partial charge in [0.1, 0.15) is 11.5 Å². The van der Waals surface area contributed by atoms with Crippen molar-refractivity contribution >= 4 is 11.6 Å². The van der Waals surface area contributed by atoms with E-state index in [0.717, 1.165) is 39.0 Å². The molecule has 0 unspecified atom stereocenters. The van der Waals surface area contributed by atoms with E-state index in [1.165, 1.54) is 0 Å². The summed E-state index contributed by atoms with van der Waals surface area (Å²) in [5.41, 5.74) is 6.84. The van der Waals surface area contributed by atoms with Crippen LogP contribution in [0.25, 0.3) is 11.6 Å². The van der Waals surface area contributed by atoms with Gasteiger partial charge in [-0.15, -0.1) is 0 Å². The number of aryl methyl sites for hydroxylation is 4. The maximum absolute atomic E-state index is 9.86. The Balaban J connectivity index is 2.46. The molecule has 0 bridgehead atoms. The number of rotatable bonds is 2. The normalized spacial score (nSPS) is 11.8. The summed E-state index contributed by atoms with van der Waals surface area (Å²) in [5, 5.41) is 19.7. The average Bonchev–Trinajstić information content (AvgIpc) is 2.41. The minimum Gasteiger partial charge on any atom is -0.507 e. The van der Waals surface area contributed by atoms with Crippen molar-refractivity contribution in [1.82, 2.24) is 0 Å². The lowest BCUT2D eigenvalue weighted by molar-refractivity contribution is 0.466. The van der Waals surface area contributed by atoms with Gasteiger partial charge in [-0.1, -0.05) is 6.08 Å². The van der Waals surface area contributed by atoms with Crippen molar-refractivity contribution in [1.29, 1.82) is 0 Å². The molecule has 0 aliphatic heterocycles. The van der Waals surface area contributed by atoms with E-state index < -0.39 is 0 Å².